The number of hydrogen-bond acceptors (Lipinski definition) is 5. The number of nitrogens with zero attached hydrogens (tertiary/aromatic N) is 3. The maximum Gasteiger partial charge on any atom is 0.274 e. The molecule has 0 saturated carbocycles. The fraction of sp³-hybridized carbons (Fsp3) is 0.214. The quantitative estimate of drug-likeness (QED) is 0.919. The van der Waals surface area contributed by atoms with Crippen molar-refractivity contribution < 1.29 is 9.53 Å². The Balaban J connectivity index is 2.10. The molecule has 20 heavy (non-hydrogen) atoms. The van der Waals surface area contributed by atoms with E-state index in [9.17, 15) is 4.79 Å². The second-order valence-electron chi connectivity index (χ2n) is 4.34. The predicted octanol–water partition coefficient (Wildman–Crippen LogP) is 1.80. The summed E-state index contributed by atoms with van der Waals surface area (Å²) in [6.45, 7) is 0. The Morgan fingerprint density at radius 2 is 1.90 bits per heavy atom. The molecule has 2 rings (SSSR count). The number of hydrogen-bond donors (Lipinski definition) is 1. The molecule has 0 aliphatic rings. The molecule has 1 aromatic heterocycles. The Kier molecular flexibility index (Phi) is 4.14. The third kappa shape index (κ3) is 3.23. The number of ether oxygens (including phenoxy) is 1. The van der Waals surface area contributed by atoms with Crippen LogP contribution in [0, 0.1) is 0 Å². The smallest absolute Gasteiger partial charge is 0.274 e. The highest BCUT2D eigenvalue weighted by Gasteiger charge is 2.09. The zero-order chi connectivity index (χ0) is 14.5. The number of aromatic nitrogens is 2. The van der Waals surface area contributed by atoms with Crippen molar-refractivity contribution in [1.82, 2.24) is 9.97 Å². The number of carbonyl (C=O) groups excluding carboxylic acids is 1. The molecule has 1 aromatic carbocycles. The van der Waals surface area contributed by atoms with Crippen LogP contribution in [0.1, 0.15) is 10.5 Å². The Morgan fingerprint density at radius 3 is 2.50 bits per heavy atom. The molecule has 0 aliphatic carbocycles. The molecule has 6 heteroatoms. The summed E-state index contributed by atoms with van der Waals surface area (Å²) < 4.78 is 4.96. The molecule has 0 aliphatic heterocycles. The third-order valence-corrected chi connectivity index (χ3v) is 2.73. The van der Waals surface area contributed by atoms with Crippen LogP contribution in [0.5, 0.6) is 5.88 Å². The van der Waals surface area contributed by atoms with Crippen LogP contribution in [0.3, 0.4) is 0 Å². The van der Waals surface area contributed by atoms with E-state index >= 15 is 0 Å². The molecule has 0 spiro atoms. The van der Waals surface area contributed by atoms with Crippen LogP contribution < -0.4 is 15.0 Å². The lowest BCUT2D eigenvalue weighted by Gasteiger charge is -2.13. The normalized spacial score (nSPS) is 9.95. The number of anilines is 2. The number of amides is 1. The van der Waals surface area contributed by atoms with Crippen molar-refractivity contribution in [2.45, 2.75) is 0 Å². The molecule has 1 amide bonds. The van der Waals surface area contributed by atoms with E-state index in [-0.39, 0.29) is 11.6 Å². The molecule has 2 aromatic rings. The van der Waals surface area contributed by atoms with Crippen molar-refractivity contribution in [1.29, 1.82) is 0 Å². The fourth-order valence-electron chi connectivity index (χ4n) is 1.61. The molecule has 0 fully saturated rings. The molecule has 6 nitrogen and oxygen atoms in total. The van der Waals surface area contributed by atoms with E-state index in [4.69, 9.17) is 4.74 Å². The highest BCUT2D eigenvalue weighted by atomic mass is 16.5. The maximum atomic E-state index is 12.0. The van der Waals surface area contributed by atoms with Gasteiger partial charge in [0.05, 0.1) is 7.11 Å². The van der Waals surface area contributed by atoms with Crippen molar-refractivity contribution in [2.75, 3.05) is 31.4 Å². The molecule has 1 N–H and O–H groups in total. The lowest BCUT2D eigenvalue weighted by atomic mass is 10.2. The molecule has 0 unspecified atom stereocenters. The van der Waals surface area contributed by atoms with E-state index in [1.807, 2.05) is 43.3 Å². The van der Waals surface area contributed by atoms with Gasteiger partial charge in [-0.25, -0.2) is 9.97 Å². The SMILES string of the molecule is COc1cc(C(=O)Nc2ccc(N(C)C)cc2)ncn1. The van der Waals surface area contributed by atoms with Gasteiger partial charge in [0.15, 0.2) is 0 Å². The van der Waals surface area contributed by atoms with Gasteiger partial charge in [-0.05, 0) is 24.3 Å². The standard InChI is InChI=1S/C14H16N4O2/c1-18(2)11-6-4-10(5-7-11)17-14(19)12-8-13(20-3)16-9-15-12/h4-9H,1-3H3,(H,17,19). The van der Waals surface area contributed by atoms with Crippen LogP contribution in [-0.2, 0) is 0 Å². The molecule has 104 valence electrons. The largest absolute Gasteiger partial charge is 0.481 e. The Labute approximate surface area is 117 Å². The van der Waals surface area contributed by atoms with E-state index in [1.165, 1.54) is 19.5 Å². The fourth-order valence-corrected chi connectivity index (χ4v) is 1.61. The van der Waals surface area contributed by atoms with Gasteiger partial charge < -0.3 is 15.0 Å². The minimum Gasteiger partial charge on any atom is -0.481 e. The summed E-state index contributed by atoms with van der Waals surface area (Å²) in [5.74, 6) is 0.0522. The average molecular weight is 272 g/mol. The monoisotopic (exact) mass is 272 g/mol. The molecular formula is C14H16N4O2. The second-order valence-corrected chi connectivity index (χ2v) is 4.34. The number of rotatable bonds is 4. The van der Waals surface area contributed by atoms with Gasteiger partial charge in [0, 0.05) is 31.5 Å². The van der Waals surface area contributed by atoms with Crippen molar-refractivity contribution in [3.63, 3.8) is 0 Å². The van der Waals surface area contributed by atoms with Gasteiger partial charge in [0.2, 0.25) is 5.88 Å². The van der Waals surface area contributed by atoms with E-state index in [2.05, 4.69) is 15.3 Å². The van der Waals surface area contributed by atoms with Gasteiger partial charge in [-0.2, -0.15) is 0 Å². The van der Waals surface area contributed by atoms with Crippen molar-refractivity contribution in [3.05, 3.63) is 42.4 Å². The minimum absolute atomic E-state index is 0.258. The van der Waals surface area contributed by atoms with E-state index in [0.717, 1.165) is 5.69 Å². The van der Waals surface area contributed by atoms with Crippen LogP contribution in [0.2, 0.25) is 0 Å². The summed E-state index contributed by atoms with van der Waals surface area (Å²) >= 11 is 0. The van der Waals surface area contributed by atoms with Crippen LogP contribution in [-0.4, -0.2) is 37.1 Å². The van der Waals surface area contributed by atoms with E-state index < -0.39 is 0 Å². The zero-order valence-corrected chi connectivity index (χ0v) is 11.6. The minimum atomic E-state index is -0.302. The first kappa shape index (κ1) is 13.8. The average Bonchev–Trinajstić information content (AvgIpc) is 2.47. The molecule has 1 heterocycles. The van der Waals surface area contributed by atoms with Gasteiger partial charge in [0.1, 0.15) is 12.0 Å². The maximum absolute atomic E-state index is 12.0. The number of benzene rings is 1. The van der Waals surface area contributed by atoms with Crippen molar-refractivity contribution in [3.8, 4) is 5.88 Å². The van der Waals surface area contributed by atoms with Gasteiger partial charge in [-0.1, -0.05) is 0 Å². The van der Waals surface area contributed by atoms with Gasteiger partial charge in [-0.3, -0.25) is 4.79 Å². The third-order valence-electron chi connectivity index (χ3n) is 2.73. The first-order chi connectivity index (χ1) is 9.60. The van der Waals surface area contributed by atoms with Gasteiger partial charge in [-0.15, -0.1) is 0 Å². The Hall–Kier alpha value is -2.63. The van der Waals surface area contributed by atoms with Crippen molar-refractivity contribution >= 4 is 17.3 Å². The second kappa shape index (κ2) is 6.01. The summed E-state index contributed by atoms with van der Waals surface area (Å²) in [5, 5.41) is 2.77. The summed E-state index contributed by atoms with van der Waals surface area (Å²) in [6.07, 6.45) is 1.29. The Morgan fingerprint density at radius 1 is 1.20 bits per heavy atom. The first-order valence-corrected chi connectivity index (χ1v) is 6.05. The lowest BCUT2D eigenvalue weighted by molar-refractivity contribution is 0.102. The van der Waals surface area contributed by atoms with Gasteiger partial charge >= 0.3 is 0 Å². The van der Waals surface area contributed by atoms with Crippen LogP contribution in [0.4, 0.5) is 11.4 Å². The molecular weight excluding hydrogens is 256 g/mol. The van der Waals surface area contributed by atoms with E-state index in [0.29, 0.717) is 11.6 Å². The number of methoxy groups -OCH3 is 1. The zero-order valence-electron chi connectivity index (χ0n) is 11.6. The summed E-state index contributed by atoms with van der Waals surface area (Å²) in [5.41, 5.74) is 2.03. The summed E-state index contributed by atoms with van der Waals surface area (Å²) in [4.78, 5) is 21.8. The van der Waals surface area contributed by atoms with Crippen LogP contribution >= 0.6 is 0 Å². The molecule has 0 bridgehead atoms. The number of nitrogens with one attached hydrogen (secondary N) is 1. The predicted molar refractivity (Wildman–Crippen MR) is 77.3 cm³/mol. The lowest BCUT2D eigenvalue weighted by Crippen LogP contribution is -2.14. The van der Waals surface area contributed by atoms with Crippen molar-refractivity contribution in [2.24, 2.45) is 0 Å². The summed E-state index contributed by atoms with van der Waals surface area (Å²) in [7, 11) is 5.41. The molecule has 0 radical (unpaired) electrons. The molecule has 0 saturated heterocycles. The highest BCUT2D eigenvalue weighted by molar-refractivity contribution is 6.03. The Bertz CT molecular complexity index is 596. The van der Waals surface area contributed by atoms with E-state index in [1.54, 1.807) is 0 Å². The summed E-state index contributed by atoms with van der Waals surface area (Å²) in [6, 6.07) is 9.02. The van der Waals surface area contributed by atoms with Crippen LogP contribution in [0.25, 0.3) is 0 Å². The molecule has 0 atom stereocenters. The van der Waals surface area contributed by atoms with Gasteiger partial charge in [0.25, 0.3) is 5.91 Å². The first-order valence-electron chi connectivity index (χ1n) is 6.05. The number of carbonyl (C=O) groups is 1. The van der Waals surface area contributed by atoms with Crippen LogP contribution in [0.15, 0.2) is 36.7 Å². The topological polar surface area (TPSA) is 67.3 Å². The highest BCUT2D eigenvalue weighted by Crippen LogP contribution is 2.16.